The van der Waals surface area contributed by atoms with Gasteiger partial charge >= 0.3 is 11.9 Å². The molecule has 5 heteroatoms. The van der Waals surface area contributed by atoms with Crippen molar-refractivity contribution in [3.63, 3.8) is 0 Å². The number of rotatable bonds is 11. The van der Waals surface area contributed by atoms with Gasteiger partial charge in [0.15, 0.2) is 0 Å². The molecular formula is C28H32O5. The number of aromatic carboxylic acids is 2. The van der Waals surface area contributed by atoms with E-state index in [9.17, 15) is 9.59 Å². The summed E-state index contributed by atoms with van der Waals surface area (Å²) in [6, 6.07) is 23.9. The van der Waals surface area contributed by atoms with E-state index in [-0.39, 0.29) is 11.1 Å². The normalized spacial score (nSPS) is 10.1. The molecule has 33 heavy (non-hydrogen) atoms. The van der Waals surface area contributed by atoms with Crippen molar-refractivity contribution in [2.24, 2.45) is 0 Å². The molecule has 0 aliphatic carbocycles. The van der Waals surface area contributed by atoms with Crippen molar-refractivity contribution in [3.8, 4) is 16.9 Å². The second kappa shape index (κ2) is 14.5. The van der Waals surface area contributed by atoms with E-state index < -0.39 is 11.9 Å². The second-order valence-corrected chi connectivity index (χ2v) is 7.69. The van der Waals surface area contributed by atoms with E-state index in [2.05, 4.69) is 55.5 Å². The molecule has 5 nitrogen and oxygen atoms in total. The Morgan fingerprint density at radius 3 is 1.64 bits per heavy atom. The van der Waals surface area contributed by atoms with E-state index in [0.29, 0.717) is 0 Å². The van der Waals surface area contributed by atoms with E-state index in [1.165, 1.54) is 67.5 Å². The summed E-state index contributed by atoms with van der Waals surface area (Å²) in [5.41, 5.74) is 2.66. The summed E-state index contributed by atoms with van der Waals surface area (Å²) in [6.07, 6.45) is 7.81. The van der Waals surface area contributed by atoms with Crippen molar-refractivity contribution in [1.82, 2.24) is 0 Å². The Balaban J connectivity index is 0.000000273. The first-order chi connectivity index (χ1) is 16.0. The molecule has 174 valence electrons. The Bertz CT molecular complexity index is 930. The van der Waals surface area contributed by atoms with Crippen LogP contribution in [0.4, 0.5) is 0 Å². The van der Waals surface area contributed by atoms with Crippen LogP contribution in [0.2, 0.25) is 0 Å². The number of hydrogen-bond acceptors (Lipinski definition) is 3. The first-order valence-corrected chi connectivity index (χ1v) is 11.4. The minimum atomic E-state index is -1.06. The van der Waals surface area contributed by atoms with Crippen LogP contribution >= 0.6 is 0 Å². The molecule has 0 radical (unpaired) electrons. The van der Waals surface area contributed by atoms with Gasteiger partial charge in [-0.1, -0.05) is 81.5 Å². The van der Waals surface area contributed by atoms with Crippen LogP contribution in [-0.2, 0) is 0 Å². The van der Waals surface area contributed by atoms with Crippen LogP contribution in [-0.4, -0.2) is 28.8 Å². The summed E-state index contributed by atoms with van der Waals surface area (Å²) in [7, 11) is 0. The number of ether oxygens (including phenoxy) is 1. The summed E-state index contributed by atoms with van der Waals surface area (Å²) >= 11 is 0. The lowest BCUT2D eigenvalue weighted by atomic mass is 10.1. The highest BCUT2D eigenvalue weighted by molar-refractivity contribution is 5.91. The van der Waals surface area contributed by atoms with Gasteiger partial charge in [-0.2, -0.15) is 0 Å². The molecule has 3 aromatic carbocycles. The number of carbonyl (C=O) groups is 2. The third kappa shape index (κ3) is 9.60. The monoisotopic (exact) mass is 448 g/mol. The number of unbranched alkanes of at least 4 members (excludes halogenated alkanes) is 5. The third-order valence-electron chi connectivity index (χ3n) is 5.11. The average Bonchev–Trinajstić information content (AvgIpc) is 2.85. The molecule has 0 unspecified atom stereocenters. The average molecular weight is 449 g/mol. The Morgan fingerprint density at radius 2 is 1.12 bits per heavy atom. The fourth-order valence-corrected chi connectivity index (χ4v) is 3.20. The minimum Gasteiger partial charge on any atom is -0.494 e. The summed E-state index contributed by atoms with van der Waals surface area (Å²) in [5.74, 6) is -1.15. The van der Waals surface area contributed by atoms with Gasteiger partial charge in [-0.3, -0.25) is 0 Å². The molecule has 3 rings (SSSR count). The fraction of sp³-hybridized carbons (Fsp3) is 0.286. The molecule has 0 aliphatic rings. The summed E-state index contributed by atoms with van der Waals surface area (Å²) < 4.78 is 5.80. The van der Waals surface area contributed by atoms with Crippen molar-refractivity contribution >= 4 is 11.9 Å². The summed E-state index contributed by atoms with van der Waals surface area (Å²) in [4.78, 5) is 20.7. The fourth-order valence-electron chi connectivity index (χ4n) is 3.20. The standard InChI is InChI=1S/C20H26O.C8H6O4/c1-2-3-4-5-6-10-17-21-20-15-13-19(14-16-20)18-11-8-7-9-12-18;9-7(10)5-1-2-6(4-3-5)8(11)12/h7-9,11-16H,2-6,10,17H2,1H3;1-4H,(H,9,10)(H,11,12). The van der Waals surface area contributed by atoms with Crippen LogP contribution in [0.5, 0.6) is 5.75 Å². The van der Waals surface area contributed by atoms with Gasteiger partial charge in [0.25, 0.3) is 0 Å². The summed E-state index contributed by atoms with van der Waals surface area (Å²) in [6.45, 7) is 3.08. The Hall–Kier alpha value is -3.60. The van der Waals surface area contributed by atoms with E-state index >= 15 is 0 Å². The van der Waals surface area contributed by atoms with Crippen LogP contribution in [0, 0.1) is 0 Å². The second-order valence-electron chi connectivity index (χ2n) is 7.69. The molecular weight excluding hydrogens is 416 g/mol. The van der Waals surface area contributed by atoms with Gasteiger partial charge in [0, 0.05) is 0 Å². The molecule has 2 N–H and O–H groups in total. The lowest BCUT2D eigenvalue weighted by Crippen LogP contribution is -1.99. The molecule has 0 saturated carbocycles. The zero-order chi connectivity index (χ0) is 23.9. The van der Waals surface area contributed by atoms with Crippen LogP contribution in [0.3, 0.4) is 0 Å². The molecule has 0 spiro atoms. The predicted molar refractivity (Wildman–Crippen MR) is 131 cm³/mol. The largest absolute Gasteiger partial charge is 0.494 e. The van der Waals surface area contributed by atoms with Gasteiger partial charge in [0.2, 0.25) is 0 Å². The number of hydrogen-bond donors (Lipinski definition) is 2. The van der Waals surface area contributed by atoms with Gasteiger partial charge < -0.3 is 14.9 Å². The van der Waals surface area contributed by atoms with E-state index in [4.69, 9.17) is 14.9 Å². The Kier molecular flexibility index (Phi) is 11.2. The van der Waals surface area contributed by atoms with Crippen LogP contribution in [0.15, 0.2) is 78.9 Å². The topological polar surface area (TPSA) is 83.8 Å². The van der Waals surface area contributed by atoms with Crippen LogP contribution < -0.4 is 4.74 Å². The maximum Gasteiger partial charge on any atom is 0.335 e. The van der Waals surface area contributed by atoms with Gasteiger partial charge in [-0.05, 0) is 53.9 Å². The molecule has 0 aromatic heterocycles. The van der Waals surface area contributed by atoms with Gasteiger partial charge in [-0.15, -0.1) is 0 Å². The highest BCUT2D eigenvalue weighted by atomic mass is 16.5. The van der Waals surface area contributed by atoms with E-state index in [0.717, 1.165) is 18.8 Å². The zero-order valence-corrected chi connectivity index (χ0v) is 19.1. The smallest absolute Gasteiger partial charge is 0.335 e. The van der Waals surface area contributed by atoms with Gasteiger partial charge in [0.1, 0.15) is 5.75 Å². The summed E-state index contributed by atoms with van der Waals surface area (Å²) in [5, 5.41) is 16.9. The van der Waals surface area contributed by atoms with Crippen LogP contribution in [0.1, 0.15) is 66.2 Å². The van der Waals surface area contributed by atoms with Gasteiger partial charge in [0.05, 0.1) is 17.7 Å². The van der Waals surface area contributed by atoms with Crippen molar-refractivity contribution in [1.29, 1.82) is 0 Å². The number of carboxylic acids is 2. The molecule has 0 bridgehead atoms. The lowest BCUT2D eigenvalue weighted by Gasteiger charge is -2.07. The molecule has 0 fully saturated rings. The van der Waals surface area contributed by atoms with Crippen molar-refractivity contribution in [2.75, 3.05) is 6.61 Å². The quantitative estimate of drug-likeness (QED) is 0.304. The molecule has 3 aromatic rings. The van der Waals surface area contributed by atoms with E-state index in [1.54, 1.807) is 0 Å². The highest BCUT2D eigenvalue weighted by Crippen LogP contribution is 2.22. The maximum atomic E-state index is 10.3. The lowest BCUT2D eigenvalue weighted by molar-refractivity contribution is 0.0681. The molecule has 0 heterocycles. The molecule has 0 saturated heterocycles. The molecule has 0 amide bonds. The third-order valence-corrected chi connectivity index (χ3v) is 5.11. The number of carboxylic acid groups (broad SMARTS) is 2. The van der Waals surface area contributed by atoms with E-state index in [1.807, 2.05) is 6.07 Å². The highest BCUT2D eigenvalue weighted by Gasteiger charge is 2.05. The first-order valence-electron chi connectivity index (χ1n) is 11.4. The van der Waals surface area contributed by atoms with Crippen molar-refractivity contribution in [2.45, 2.75) is 45.4 Å². The number of benzene rings is 3. The maximum absolute atomic E-state index is 10.3. The van der Waals surface area contributed by atoms with Crippen molar-refractivity contribution in [3.05, 3.63) is 90.0 Å². The predicted octanol–water partition coefficient (Wildman–Crippen LogP) is 7.18. The zero-order valence-electron chi connectivity index (χ0n) is 19.1. The van der Waals surface area contributed by atoms with Crippen LogP contribution in [0.25, 0.3) is 11.1 Å². The molecule has 0 aliphatic heterocycles. The Labute approximate surface area is 195 Å². The first kappa shape index (κ1) is 25.7. The minimum absolute atomic E-state index is 0.0833. The van der Waals surface area contributed by atoms with Crippen molar-refractivity contribution < 1.29 is 24.5 Å². The SMILES string of the molecule is CCCCCCCCOc1ccc(-c2ccccc2)cc1.O=C(O)c1ccc(C(=O)O)cc1. The molecule has 0 atom stereocenters. The Morgan fingerprint density at radius 1 is 0.636 bits per heavy atom. The van der Waals surface area contributed by atoms with Gasteiger partial charge in [-0.25, -0.2) is 9.59 Å².